The van der Waals surface area contributed by atoms with Crippen LogP contribution in [0.15, 0.2) is 30.3 Å². The Bertz CT molecular complexity index is 338. The normalized spacial score (nSPS) is 9.47. The molecule has 0 aliphatic rings. The second kappa shape index (κ2) is 5.14. The topological polar surface area (TPSA) is 40.6 Å². The number of nitrogens with zero attached hydrogens (tertiary/aromatic N) is 2. The average molecular weight is 206 g/mol. The summed E-state index contributed by atoms with van der Waals surface area (Å²) in [4.78, 5) is 22.1. The fraction of sp³-hybridized carbons (Fsp3) is 0.273. The first kappa shape index (κ1) is 11.2. The second-order valence-electron chi connectivity index (χ2n) is 3.26. The van der Waals surface area contributed by atoms with Crippen LogP contribution < -0.4 is 0 Å². The van der Waals surface area contributed by atoms with Crippen molar-refractivity contribution in [2.45, 2.75) is 6.42 Å². The average Bonchev–Trinajstić information content (AvgIpc) is 2.28. The van der Waals surface area contributed by atoms with Crippen LogP contribution in [-0.2, 0) is 16.0 Å². The van der Waals surface area contributed by atoms with Crippen LogP contribution >= 0.6 is 0 Å². The maximum Gasteiger partial charge on any atom is 0.245 e. The lowest BCUT2D eigenvalue weighted by Gasteiger charge is -2.24. The number of carbonyl (C=O) groups is 2. The molecule has 15 heavy (non-hydrogen) atoms. The Morgan fingerprint density at radius 2 is 1.87 bits per heavy atom. The van der Waals surface area contributed by atoms with Gasteiger partial charge in [0, 0.05) is 14.1 Å². The molecule has 0 bridgehead atoms. The predicted molar refractivity (Wildman–Crippen MR) is 56.7 cm³/mol. The van der Waals surface area contributed by atoms with Crippen molar-refractivity contribution in [3.8, 4) is 0 Å². The first-order valence-corrected chi connectivity index (χ1v) is 4.63. The molecule has 80 valence electrons. The molecule has 1 aromatic carbocycles. The highest BCUT2D eigenvalue weighted by Gasteiger charge is 2.12. The van der Waals surface area contributed by atoms with Crippen LogP contribution in [0.4, 0.5) is 0 Å². The monoisotopic (exact) mass is 206 g/mol. The van der Waals surface area contributed by atoms with Crippen molar-refractivity contribution in [2.75, 3.05) is 14.1 Å². The van der Waals surface area contributed by atoms with E-state index in [-0.39, 0.29) is 5.91 Å². The molecule has 0 spiro atoms. The molecular weight excluding hydrogens is 192 g/mol. The third-order valence-corrected chi connectivity index (χ3v) is 2.18. The third kappa shape index (κ3) is 3.09. The van der Waals surface area contributed by atoms with Gasteiger partial charge in [-0.2, -0.15) is 0 Å². The van der Waals surface area contributed by atoms with E-state index in [9.17, 15) is 9.59 Å². The number of hydrazine groups is 1. The summed E-state index contributed by atoms with van der Waals surface area (Å²) in [7, 11) is 3.11. The molecule has 0 N–H and O–H groups in total. The van der Waals surface area contributed by atoms with E-state index < -0.39 is 0 Å². The fourth-order valence-corrected chi connectivity index (χ4v) is 1.13. The van der Waals surface area contributed by atoms with Crippen molar-refractivity contribution in [1.29, 1.82) is 0 Å². The van der Waals surface area contributed by atoms with Crippen LogP contribution in [0.25, 0.3) is 0 Å². The van der Waals surface area contributed by atoms with Crippen molar-refractivity contribution in [2.24, 2.45) is 0 Å². The summed E-state index contributed by atoms with van der Waals surface area (Å²) in [6.45, 7) is 0. The van der Waals surface area contributed by atoms with Crippen LogP contribution in [-0.4, -0.2) is 36.4 Å². The van der Waals surface area contributed by atoms with E-state index in [1.165, 1.54) is 17.1 Å². The summed E-state index contributed by atoms with van der Waals surface area (Å²) in [6.07, 6.45) is 0.901. The van der Waals surface area contributed by atoms with E-state index in [2.05, 4.69) is 0 Å². The van der Waals surface area contributed by atoms with Crippen LogP contribution in [0.5, 0.6) is 0 Å². The van der Waals surface area contributed by atoms with Gasteiger partial charge in [0.15, 0.2) is 0 Å². The fourth-order valence-electron chi connectivity index (χ4n) is 1.13. The van der Waals surface area contributed by atoms with Crippen LogP contribution in [0.3, 0.4) is 0 Å². The molecule has 0 fully saturated rings. The van der Waals surface area contributed by atoms with Gasteiger partial charge in [-0.15, -0.1) is 0 Å². The maximum atomic E-state index is 11.6. The summed E-state index contributed by atoms with van der Waals surface area (Å²) in [5.74, 6) is -0.115. The van der Waals surface area contributed by atoms with Gasteiger partial charge in [0.25, 0.3) is 0 Å². The first-order valence-electron chi connectivity index (χ1n) is 4.63. The number of amides is 2. The lowest BCUT2D eigenvalue weighted by Crippen LogP contribution is -2.41. The van der Waals surface area contributed by atoms with Crippen LogP contribution in [0.2, 0.25) is 0 Å². The molecule has 0 aliphatic carbocycles. The van der Waals surface area contributed by atoms with E-state index >= 15 is 0 Å². The van der Waals surface area contributed by atoms with E-state index in [1.54, 1.807) is 7.05 Å². The molecule has 0 heterocycles. The van der Waals surface area contributed by atoms with Gasteiger partial charge in [0.2, 0.25) is 12.3 Å². The quantitative estimate of drug-likeness (QED) is 0.537. The van der Waals surface area contributed by atoms with Crippen LogP contribution in [0.1, 0.15) is 5.56 Å². The number of hydrogen-bond acceptors (Lipinski definition) is 2. The lowest BCUT2D eigenvalue weighted by molar-refractivity contribution is -0.150. The Labute approximate surface area is 89.1 Å². The zero-order chi connectivity index (χ0) is 11.3. The highest BCUT2D eigenvalue weighted by atomic mass is 16.2. The number of carbonyl (C=O) groups excluding carboxylic acids is 2. The molecule has 0 radical (unpaired) electrons. The first-order chi connectivity index (χ1) is 7.15. The highest BCUT2D eigenvalue weighted by Crippen LogP contribution is 2.02. The van der Waals surface area contributed by atoms with E-state index in [4.69, 9.17) is 0 Å². The molecule has 2 amide bonds. The minimum Gasteiger partial charge on any atom is -0.277 e. The second-order valence-corrected chi connectivity index (χ2v) is 3.26. The Hall–Kier alpha value is -1.84. The van der Waals surface area contributed by atoms with Gasteiger partial charge in [-0.1, -0.05) is 30.3 Å². The Morgan fingerprint density at radius 3 is 2.40 bits per heavy atom. The van der Waals surface area contributed by atoms with E-state index in [1.807, 2.05) is 30.3 Å². The summed E-state index contributed by atoms with van der Waals surface area (Å²) in [5, 5.41) is 2.51. The van der Waals surface area contributed by atoms with Crippen molar-refractivity contribution in [3.05, 3.63) is 35.9 Å². The molecule has 1 aromatic rings. The zero-order valence-electron chi connectivity index (χ0n) is 8.88. The zero-order valence-corrected chi connectivity index (χ0v) is 8.88. The Morgan fingerprint density at radius 1 is 1.27 bits per heavy atom. The number of rotatable bonds is 4. The highest BCUT2D eigenvalue weighted by molar-refractivity contribution is 5.79. The van der Waals surface area contributed by atoms with Gasteiger partial charge in [0.1, 0.15) is 0 Å². The van der Waals surface area contributed by atoms with Crippen molar-refractivity contribution >= 4 is 12.3 Å². The standard InChI is InChI=1S/C11H14N2O2/c1-12(9-14)13(2)11(15)8-10-6-4-3-5-7-10/h3-7,9H,8H2,1-2H3. The smallest absolute Gasteiger partial charge is 0.245 e. The molecule has 0 aliphatic heterocycles. The van der Waals surface area contributed by atoms with Gasteiger partial charge in [-0.05, 0) is 5.56 Å². The molecule has 4 nitrogen and oxygen atoms in total. The van der Waals surface area contributed by atoms with Gasteiger partial charge in [-0.3, -0.25) is 19.6 Å². The molecule has 0 unspecified atom stereocenters. The van der Waals surface area contributed by atoms with Crippen LogP contribution in [0, 0.1) is 0 Å². The van der Waals surface area contributed by atoms with Gasteiger partial charge in [-0.25, -0.2) is 0 Å². The van der Waals surface area contributed by atoms with E-state index in [0.717, 1.165) is 5.56 Å². The largest absolute Gasteiger partial charge is 0.277 e. The molecular formula is C11H14N2O2. The van der Waals surface area contributed by atoms with Crippen molar-refractivity contribution < 1.29 is 9.59 Å². The van der Waals surface area contributed by atoms with Gasteiger partial charge < -0.3 is 0 Å². The molecule has 0 atom stereocenters. The van der Waals surface area contributed by atoms with Crippen molar-refractivity contribution in [1.82, 2.24) is 10.0 Å². The van der Waals surface area contributed by atoms with Gasteiger partial charge >= 0.3 is 0 Å². The number of likely N-dealkylation sites (N-methyl/N-ethyl adjacent to an activating group) is 1. The van der Waals surface area contributed by atoms with Crippen molar-refractivity contribution in [3.63, 3.8) is 0 Å². The molecule has 0 aromatic heterocycles. The molecule has 1 rings (SSSR count). The summed E-state index contributed by atoms with van der Waals surface area (Å²) in [6, 6.07) is 9.42. The summed E-state index contributed by atoms with van der Waals surface area (Å²) in [5.41, 5.74) is 0.939. The number of hydrogen-bond donors (Lipinski definition) is 0. The Balaban J connectivity index is 2.60. The molecule has 0 saturated heterocycles. The molecule has 0 saturated carbocycles. The Kier molecular flexibility index (Phi) is 3.85. The van der Waals surface area contributed by atoms with Gasteiger partial charge in [0.05, 0.1) is 6.42 Å². The minimum atomic E-state index is -0.115. The summed E-state index contributed by atoms with van der Waals surface area (Å²) >= 11 is 0. The maximum absolute atomic E-state index is 11.6. The lowest BCUT2D eigenvalue weighted by atomic mass is 10.1. The summed E-state index contributed by atoms with van der Waals surface area (Å²) < 4.78 is 0. The minimum absolute atomic E-state index is 0.115. The van der Waals surface area contributed by atoms with E-state index in [0.29, 0.717) is 12.8 Å². The SMILES string of the molecule is CN(C=O)N(C)C(=O)Cc1ccccc1. The third-order valence-electron chi connectivity index (χ3n) is 2.18. The predicted octanol–water partition coefficient (Wildman–Crippen LogP) is 0.691. The molecule has 4 heteroatoms. The number of benzene rings is 1.